The Labute approximate surface area is 151 Å². The number of carbonyl (C=O) groups excluding carboxylic acids is 1. The molecule has 0 fully saturated rings. The number of rotatable bonds is 8. The number of sulfonamides is 1. The van der Waals surface area contributed by atoms with E-state index in [4.69, 9.17) is 9.47 Å². The lowest BCUT2D eigenvalue weighted by molar-refractivity contribution is -0.143. The minimum absolute atomic E-state index is 0.0815. The second-order valence-electron chi connectivity index (χ2n) is 5.21. The third-order valence-electron chi connectivity index (χ3n) is 3.27. The minimum atomic E-state index is -3.78. The van der Waals surface area contributed by atoms with Gasteiger partial charge in [0.15, 0.2) is 11.6 Å². The Hall–Kier alpha value is -2.71. The summed E-state index contributed by atoms with van der Waals surface area (Å²) in [5.74, 6) is -1.27. The third-order valence-corrected chi connectivity index (χ3v) is 4.31. The standard InChI is InChI=1S/C18H18FNO5S/c1-24-17-8-7-15(11-16(17)19)13-25-18(21)12-20-26(22,23)10-9-14-5-3-2-4-6-14/h2-11,20H,12-13H2,1H3. The molecule has 0 unspecified atom stereocenters. The van der Waals surface area contributed by atoms with Gasteiger partial charge in [0.05, 0.1) is 7.11 Å². The van der Waals surface area contributed by atoms with Crippen LogP contribution in [0.15, 0.2) is 53.9 Å². The Bertz CT molecular complexity index is 882. The number of hydrogen-bond acceptors (Lipinski definition) is 5. The fourth-order valence-electron chi connectivity index (χ4n) is 1.95. The topological polar surface area (TPSA) is 81.7 Å². The normalized spacial score (nSPS) is 11.5. The average molecular weight is 379 g/mol. The molecule has 138 valence electrons. The predicted molar refractivity (Wildman–Crippen MR) is 95.1 cm³/mol. The highest BCUT2D eigenvalue weighted by atomic mass is 32.2. The molecule has 0 amide bonds. The van der Waals surface area contributed by atoms with Gasteiger partial charge < -0.3 is 9.47 Å². The van der Waals surface area contributed by atoms with Crippen molar-refractivity contribution in [2.24, 2.45) is 0 Å². The smallest absolute Gasteiger partial charge is 0.321 e. The van der Waals surface area contributed by atoms with Crippen molar-refractivity contribution < 1.29 is 27.1 Å². The average Bonchev–Trinajstić information content (AvgIpc) is 2.64. The van der Waals surface area contributed by atoms with Gasteiger partial charge in [-0.3, -0.25) is 4.79 Å². The molecule has 0 spiro atoms. The van der Waals surface area contributed by atoms with Crippen LogP contribution in [0.25, 0.3) is 6.08 Å². The van der Waals surface area contributed by atoms with Gasteiger partial charge in [-0.2, -0.15) is 0 Å². The second kappa shape index (κ2) is 9.12. The molecule has 0 aliphatic heterocycles. The molecule has 2 aromatic carbocycles. The first-order chi connectivity index (χ1) is 12.4. The highest BCUT2D eigenvalue weighted by molar-refractivity contribution is 7.92. The summed E-state index contributed by atoms with van der Waals surface area (Å²) in [6, 6.07) is 13.0. The van der Waals surface area contributed by atoms with E-state index in [9.17, 15) is 17.6 Å². The molecule has 0 saturated heterocycles. The lowest BCUT2D eigenvalue weighted by atomic mass is 10.2. The highest BCUT2D eigenvalue weighted by Crippen LogP contribution is 2.18. The molecule has 0 aliphatic carbocycles. The minimum Gasteiger partial charge on any atom is -0.494 e. The predicted octanol–water partition coefficient (Wildman–Crippen LogP) is 2.47. The fourth-order valence-corrected chi connectivity index (χ4v) is 2.71. The third kappa shape index (κ3) is 6.30. The van der Waals surface area contributed by atoms with Crippen LogP contribution in [0.1, 0.15) is 11.1 Å². The number of halogens is 1. The van der Waals surface area contributed by atoms with Gasteiger partial charge in [0.25, 0.3) is 0 Å². The van der Waals surface area contributed by atoms with Crippen molar-refractivity contribution >= 4 is 22.1 Å². The van der Waals surface area contributed by atoms with Crippen molar-refractivity contribution in [2.75, 3.05) is 13.7 Å². The van der Waals surface area contributed by atoms with Gasteiger partial charge in [0.2, 0.25) is 10.0 Å². The number of ether oxygens (including phenoxy) is 2. The van der Waals surface area contributed by atoms with Gasteiger partial charge in [-0.05, 0) is 29.3 Å². The Morgan fingerprint density at radius 2 is 1.92 bits per heavy atom. The molecule has 8 heteroatoms. The maximum absolute atomic E-state index is 13.5. The summed E-state index contributed by atoms with van der Waals surface area (Å²) in [4.78, 5) is 11.7. The number of carbonyl (C=O) groups is 1. The van der Waals surface area contributed by atoms with E-state index in [1.807, 2.05) is 6.07 Å². The van der Waals surface area contributed by atoms with Crippen molar-refractivity contribution in [3.05, 3.63) is 70.9 Å². The molecule has 1 N–H and O–H groups in total. The van der Waals surface area contributed by atoms with Crippen molar-refractivity contribution in [3.8, 4) is 5.75 Å². The van der Waals surface area contributed by atoms with Crippen molar-refractivity contribution in [2.45, 2.75) is 6.61 Å². The molecular weight excluding hydrogens is 361 g/mol. The largest absolute Gasteiger partial charge is 0.494 e. The molecule has 2 rings (SSSR count). The van der Waals surface area contributed by atoms with Crippen LogP contribution in [-0.2, 0) is 26.2 Å². The molecule has 0 heterocycles. The molecule has 0 aliphatic rings. The van der Waals surface area contributed by atoms with Crippen LogP contribution in [0.5, 0.6) is 5.75 Å². The number of nitrogens with one attached hydrogen (secondary N) is 1. The van der Waals surface area contributed by atoms with E-state index in [1.165, 1.54) is 25.3 Å². The van der Waals surface area contributed by atoms with Crippen LogP contribution < -0.4 is 9.46 Å². The van der Waals surface area contributed by atoms with E-state index in [1.54, 1.807) is 30.3 Å². The Morgan fingerprint density at radius 1 is 1.19 bits per heavy atom. The van der Waals surface area contributed by atoms with Crippen LogP contribution in [-0.4, -0.2) is 28.0 Å². The van der Waals surface area contributed by atoms with E-state index >= 15 is 0 Å². The first kappa shape index (κ1) is 19.6. The molecule has 0 bridgehead atoms. The number of methoxy groups -OCH3 is 1. The molecule has 0 radical (unpaired) electrons. The Morgan fingerprint density at radius 3 is 2.58 bits per heavy atom. The van der Waals surface area contributed by atoms with Crippen molar-refractivity contribution in [1.29, 1.82) is 0 Å². The Kier molecular flexibility index (Phi) is 6.88. The van der Waals surface area contributed by atoms with Crippen LogP contribution in [0.2, 0.25) is 0 Å². The summed E-state index contributed by atoms with van der Waals surface area (Å²) in [5.41, 5.74) is 1.13. The first-order valence-electron chi connectivity index (χ1n) is 7.60. The fraction of sp³-hybridized carbons (Fsp3) is 0.167. The number of hydrogen-bond donors (Lipinski definition) is 1. The van der Waals surface area contributed by atoms with E-state index in [2.05, 4.69) is 4.72 Å². The van der Waals surface area contributed by atoms with E-state index < -0.39 is 28.4 Å². The van der Waals surface area contributed by atoms with Gasteiger partial charge in [-0.1, -0.05) is 36.4 Å². The quantitative estimate of drug-likeness (QED) is 0.713. The maximum atomic E-state index is 13.5. The van der Waals surface area contributed by atoms with Crippen LogP contribution in [0.3, 0.4) is 0 Å². The number of benzene rings is 2. The van der Waals surface area contributed by atoms with Gasteiger partial charge in [-0.25, -0.2) is 17.5 Å². The van der Waals surface area contributed by atoms with Gasteiger partial charge >= 0.3 is 5.97 Å². The lowest BCUT2D eigenvalue weighted by Crippen LogP contribution is -2.29. The summed E-state index contributed by atoms with van der Waals surface area (Å²) in [7, 11) is -2.44. The summed E-state index contributed by atoms with van der Waals surface area (Å²) < 4.78 is 49.0. The van der Waals surface area contributed by atoms with Gasteiger partial charge in [-0.15, -0.1) is 0 Å². The highest BCUT2D eigenvalue weighted by Gasteiger charge is 2.11. The van der Waals surface area contributed by atoms with E-state index in [0.29, 0.717) is 11.1 Å². The zero-order valence-corrected chi connectivity index (χ0v) is 14.8. The van der Waals surface area contributed by atoms with Gasteiger partial charge in [0.1, 0.15) is 13.2 Å². The summed E-state index contributed by atoms with van der Waals surface area (Å²) in [5, 5.41) is 0.967. The van der Waals surface area contributed by atoms with Crippen LogP contribution in [0, 0.1) is 5.82 Å². The van der Waals surface area contributed by atoms with Gasteiger partial charge in [0, 0.05) is 5.41 Å². The number of esters is 1. The molecule has 0 aromatic heterocycles. The van der Waals surface area contributed by atoms with Crippen molar-refractivity contribution in [1.82, 2.24) is 4.72 Å². The zero-order chi connectivity index (χ0) is 19.0. The molecular formula is C18H18FNO5S. The zero-order valence-electron chi connectivity index (χ0n) is 14.0. The monoisotopic (exact) mass is 379 g/mol. The maximum Gasteiger partial charge on any atom is 0.321 e. The molecule has 0 atom stereocenters. The second-order valence-corrected chi connectivity index (χ2v) is 6.86. The van der Waals surface area contributed by atoms with E-state index in [-0.39, 0.29) is 12.4 Å². The molecule has 6 nitrogen and oxygen atoms in total. The van der Waals surface area contributed by atoms with Crippen LogP contribution in [0.4, 0.5) is 4.39 Å². The summed E-state index contributed by atoms with van der Waals surface area (Å²) >= 11 is 0. The first-order valence-corrected chi connectivity index (χ1v) is 9.15. The molecule has 26 heavy (non-hydrogen) atoms. The van der Waals surface area contributed by atoms with Crippen molar-refractivity contribution in [3.63, 3.8) is 0 Å². The summed E-state index contributed by atoms with van der Waals surface area (Å²) in [6.45, 7) is -0.707. The molecule has 0 saturated carbocycles. The SMILES string of the molecule is COc1ccc(COC(=O)CNS(=O)(=O)C=Cc2ccccc2)cc1F. The summed E-state index contributed by atoms with van der Waals surface area (Å²) in [6.07, 6.45) is 1.41. The Balaban J connectivity index is 1.82. The molecule has 2 aromatic rings. The van der Waals surface area contributed by atoms with E-state index in [0.717, 1.165) is 5.41 Å². The lowest BCUT2D eigenvalue weighted by Gasteiger charge is -2.07. The van der Waals surface area contributed by atoms with Crippen LogP contribution >= 0.6 is 0 Å².